The lowest BCUT2D eigenvalue weighted by atomic mass is 9.97. The van der Waals surface area contributed by atoms with Crippen LogP contribution in [0.25, 0.3) is 5.65 Å². The maximum Gasteiger partial charge on any atom is 0.416 e. The van der Waals surface area contributed by atoms with Crippen molar-refractivity contribution in [3.05, 3.63) is 60.3 Å². The number of likely N-dealkylation sites (tertiary alicyclic amines) is 1. The molecule has 1 aliphatic rings. The molecule has 0 atom stereocenters. The Morgan fingerprint density at radius 3 is 2.36 bits per heavy atom. The minimum atomic E-state index is -0.746. The number of carbonyl (C=O) groups excluding carboxylic acids is 3. The number of anilines is 3. The van der Waals surface area contributed by atoms with Gasteiger partial charge in [0.15, 0.2) is 5.65 Å². The molecule has 2 aromatic heterocycles. The molecule has 1 aliphatic heterocycles. The smallest absolute Gasteiger partial charge is 0.416 e. The van der Waals surface area contributed by atoms with Crippen LogP contribution in [0.4, 0.5) is 26.9 Å². The van der Waals surface area contributed by atoms with E-state index >= 15 is 0 Å². The van der Waals surface area contributed by atoms with Gasteiger partial charge in [-0.05, 0) is 90.0 Å². The highest BCUT2D eigenvalue weighted by Crippen LogP contribution is 2.29. The van der Waals surface area contributed by atoms with E-state index < -0.39 is 17.3 Å². The van der Waals surface area contributed by atoms with Crippen molar-refractivity contribution in [2.45, 2.75) is 91.9 Å². The SMILES string of the molecule is C=CC(=O)Nc1cccc(CN(C(=O)OC(C)(C)C)c2cc(NCC3CCN(C(=O)OC(C)(C)C)CC3)nc3c(C(C)C)cnn23)c1. The first kappa shape index (κ1) is 35.2. The van der Waals surface area contributed by atoms with E-state index in [0.717, 1.165) is 24.0 Å². The van der Waals surface area contributed by atoms with Gasteiger partial charge < -0.3 is 25.0 Å². The van der Waals surface area contributed by atoms with Crippen LogP contribution < -0.4 is 15.5 Å². The van der Waals surface area contributed by atoms with Crippen LogP contribution in [0.5, 0.6) is 0 Å². The number of carbonyl (C=O) groups is 3. The van der Waals surface area contributed by atoms with Crippen molar-refractivity contribution in [3.8, 4) is 0 Å². The first-order valence-corrected chi connectivity index (χ1v) is 16.2. The molecule has 4 rings (SSSR count). The number of ether oxygens (including phenoxy) is 2. The van der Waals surface area contributed by atoms with Crippen molar-refractivity contribution in [2.24, 2.45) is 5.92 Å². The van der Waals surface area contributed by atoms with Gasteiger partial charge in [0.2, 0.25) is 5.91 Å². The van der Waals surface area contributed by atoms with Crippen LogP contribution in [0.1, 0.15) is 85.3 Å². The Morgan fingerprint density at radius 2 is 1.74 bits per heavy atom. The van der Waals surface area contributed by atoms with Crippen molar-refractivity contribution in [3.63, 3.8) is 0 Å². The molecule has 3 amide bonds. The third kappa shape index (κ3) is 9.69. The predicted octanol–water partition coefficient (Wildman–Crippen LogP) is 6.98. The molecule has 254 valence electrons. The van der Waals surface area contributed by atoms with Crippen molar-refractivity contribution in [2.75, 3.05) is 35.2 Å². The number of fused-ring (bicyclic) bond motifs is 1. The van der Waals surface area contributed by atoms with Crippen molar-refractivity contribution in [1.82, 2.24) is 19.5 Å². The number of aromatic nitrogens is 3. The van der Waals surface area contributed by atoms with Gasteiger partial charge in [-0.3, -0.25) is 9.69 Å². The molecule has 1 saturated heterocycles. The Hall–Kier alpha value is -4.61. The van der Waals surface area contributed by atoms with Crippen LogP contribution in [0.15, 0.2) is 49.2 Å². The summed E-state index contributed by atoms with van der Waals surface area (Å²) in [7, 11) is 0. The second-order valence-corrected chi connectivity index (χ2v) is 14.2. The van der Waals surface area contributed by atoms with Crippen LogP contribution in [-0.4, -0.2) is 68.4 Å². The number of piperidine rings is 1. The highest BCUT2D eigenvalue weighted by atomic mass is 16.6. The normalized spacial score (nSPS) is 14.2. The molecular formula is C35H49N7O5. The Bertz CT molecular complexity index is 1590. The number of nitrogens with one attached hydrogen (secondary N) is 2. The van der Waals surface area contributed by atoms with Crippen molar-refractivity contribution < 1.29 is 23.9 Å². The predicted molar refractivity (Wildman–Crippen MR) is 184 cm³/mol. The van der Waals surface area contributed by atoms with Crippen LogP contribution in [0, 0.1) is 5.92 Å². The van der Waals surface area contributed by atoms with Gasteiger partial charge in [0.1, 0.15) is 22.8 Å². The largest absolute Gasteiger partial charge is 0.444 e. The van der Waals surface area contributed by atoms with Gasteiger partial charge in [-0.1, -0.05) is 32.6 Å². The van der Waals surface area contributed by atoms with E-state index in [0.29, 0.717) is 48.5 Å². The topological polar surface area (TPSA) is 130 Å². The van der Waals surface area contributed by atoms with Gasteiger partial charge in [0.05, 0.1) is 12.7 Å². The van der Waals surface area contributed by atoms with Crippen molar-refractivity contribution >= 4 is 41.1 Å². The van der Waals surface area contributed by atoms with Gasteiger partial charge in [-0.2, -0.15) is 9.61 Å². The van der Waals surface area contributed by atoms with E-state index in [9.17, 15) is 14.4 Å². The summed E-state index contributed by atoms with van der Waals surface area (Å²) in [6.45, 7) is 20.8. The van der Waals surface area contributed by atoms with Crippen LogP contribution in [0.3, 0.4) is 0 Å². The molecule has 12 heteroatoms. The highest BCUT2D eigenvalue weighted by molar-refractivity contribution is 5.99. The lowest BCUT2D eigenvalue weighted by molar-refractivity contribution is -0.111. The minimum Gasteiger partial charge on any atom is -0.444 e. The molecule has 0 bridgehead atoms. The van der Waals surface area contributed by atoms with Gasteiger partial charge in [0, 0.05) is 37.0 Å². The third-order valence-electron chi connectivity index (χ3n) is 7.55. The maximum absolute atomic E-state index is 13.8. The lowest BCUT2D eigenvalue weighted by Crippen LogP contribution is -2.42. The monoisotopic (exact) mass is 647 g/mol. The first-order valence-electron chi connectivity index (χ1n) is 16.2. The molecule has 0 spiro atoms. The molecule has 0 radical (unpaired) electrons. The van der Waals surface area contributed by atoms with Crippen molar-refractivity contribution in [1.29, 1.82) is 0 Å². The van der Waals surface area contributed by atoms with Gasteiger partial charge >= 0.3 is 12.2 Å². The van der Waals surface area contributed by atoms with Crippen LogP contribution in [0.2, 0.25) is 0 Å². The summed E-state index contributed by atoms with van der Waals surface area (Å²) in [6.07, 6.45) is 3.81. The molecule has 0 unspecified atom stereocenters. The molecule has 2 N–H and O–H groups in total. The average Bonchev–Trinajstić information content (AvgIpc) is 3.41. The quantitative estimate of drug-likeness (QED) is 0.238. The zero-order valence-electron chi connectivity index (χ0n) is 28.9. The van der Waals surface area contributed by atoms with E-state index in [1.165, 1.54) is 11.0 Å². The fourth-order valence-electron chi connectivity index (χ4n) is 5.23. The summed E-state index contributed by atoms with van der Waals surface area (Å²) in [5.74, 6) is 1.22. The molecule has 3 heterocycles. The van der Waals surface area contributed by atoms with Gasteiger partial charge in [0.25, 0.3) is 0 Å². The summed E-state index contributed by atoms with van der Waals surface area (Å²) in [6, 6.07) is 9.09. The molecule has 1 fully saturated rings. The van der Waals surface area contributed by atoms with E-state index in [1.807, 2.05) is 65.8 Å². The maximum atomic E-state index is 13.8. The van der Waals surface area contributed by atoms with E-state index in [-0.39, 0.29) is 24.5 Å². The molecule has 3 aromatic rings. The summed E-state index contributed by atoms with van der Waals surface area (Å²) < 4.78 is 13.1. The lowest BCUT2D eigenvalue weighted by Gasteiger charge is -2.33. The number of amides is 3. The number of rotatable bonds is 9. The van der Waals surface area contributed by atoms with E-state index in [2.05, 4.69) is 36.2 Å². The fraction of sp³-hybridized carbons (Fsp3) is 0.514. The third-order valence-corrected chi connectivity index (χ3v) is 7.55. The molecule has 1 aromatic carbocycles. The molecule has 0 aliphatic carbocycles. The van der Waals surface area contributed by atoms with Crippen LogP contribution >= 0.6 is 0 Å². The first-order chi connectivity index (χ1) is 22.0. The average molecular weight is 648 g/mol. The zero-order valence-corrected chi connectivity index (χ0v) is 28.9. The van der Waals surface area contributed by atoms with Gasteiger partial charge in [-0.15, -0.1) is 0 Å². The highest BCUT2D eigenvalue weighted by Gasteiger charge is 2.29. The number of hydrogen-bond donors (Lipinski definition) is 2. The second kappa shape index (κ2) is 14.4. The summed E-state index contributed by atoms with van der Waals surface area (Å²) >= 11 is 0. The zero-order chi connectivity index (χ0) is 34.5. The van der Waals surface area contributed by atoms with E-state index in [1.54, 1.807) is 21.7 Å². The van der Waals surface area contributed by atoms with Crippen LogP contribution in [-0.2, 0) is 20.8 Å². The summed E-state index contributed by atoms with van der Waals surface area (Å²) in [5, 5.41) is 10.9. The number of nitrogens with zero attached hydrogens (tertiary/aromatic N) is 5. The summed E-state index contributed by atoms with van der Waals surface area (Å²) in [5.41, 5.74) is 1.66. The number of hydrogen-bond acceptors (Lipinski definition) is 8. The Kier molecular flexibility index (Phi) is 10.8. The molecule has 47 heavy (non-hydrogen) atoms. The number of benzene rings is 1. The molecule has 0 saturated carbocycles. The second-order valence-electron chi connectivity index (χ2n) is 14.2. The van der Waals surface area contributed by atoms with Gasteiger partial charge in [-0.25, -0.2) is 14.6 Å². The minimum absolute atomic E-state index is 0.139. The fourth-order valence-corrected chi connectivity index (χ4v) is 5.23. The standard InChI is InChI=1S/C35H49N7O5/c1-10-29(43)38-26-13-11-12-25(18-26)22-41(33(45)47-35(7,8)9)30-19-28(39-31-27(23(2)3)21-37-42(30)31)36-20-24-14-16-40(17-15-24)32(44)46-34(4,5)6/h10-13,18-19,21,23-24H,1,14-17,20,22H2,2-9H3,(H,36,39)(H,38,43). The van der Waals surface area contributed by atoms with E-state index in [4.69, 9.17) is 14.5 Å². The Balaban J connectivity index is 1.64. The molecule has 12 nitrogen and oxygen atoms in total. The Morgan fingerprint density at radius 1 is 1.06 bits per heavy atom. The summed E-state index contributed by atoms with van der Waals surface area (Å²) in [4.78, 5) is 46.6. The Labute approximate surface area is 277 Å². The molecular weight excluding hydrogens is 598 g/mol.